The van der Waals surface area contributed by atoms with Crippen LogP contribution >= 0.6 is 0 Å². The molecule has 7 nitrogen and oxygen atoms in total. The summed E-state index contributed by atoms with van der Waals surface area (Å²) in [6.45, 7) is 0.646. The Morgan fingerprint density at radius 1 is 1.40 bits per heavy atom. The molecule has 0 spiro atoms. The van der Waals surface area contributed by atoms with E-state index in [-0.39, 0.29) is 46.6 Å². The Kier molecular flexibility index (Phi) is 5.78. The number of aromatic nitrogens is 1. The normalized spacial score (nSPS) is 18.0. The van der Waals surface area contributed by atoms with Gasteiger partial charge < -0.3 is 15.2 Å². The third-order valence-electron chi connectivity index (χ3n) is 4.58. The van der Waals surface area contributed by atoms with E-state index in [0.29, 0.717) is 5.56 Å². The van der Waals surface area contributed by atoms with Gasteiger partial charge in [0.2, 0.25) is 0 Å². The van der Waals surface area contributed by atoms with Crippen molar-refractivity contribution in [3.63, 3.8) is 0 Å². The van der Waals surface area contributed by atoms with Crippen LogP contribution in [0.25, 0.3) is 0 Å². The number of alkyl halides is 1. The second-order valence-electron chi connectivity index (χ2n) is 6.74. The predicted molar refractivity (Wildman–Crippen MR) is 104 cm³/mol. The highest BCUT2D eigenvalue weighted by atomic mass is 19.1. The van der Waals surface area contributed by atoms with Gasteiger partial charge in [0.15, 0.2) is 5.78 Å². The van der Waals surface area contributed by atoms with E-state index in [0.717, 1.165) is 0 Å². The Bertz CT molecular complexity index is 1110. The Balaban J connectivity index is 1.93. The highest BCUT2D eigenvalue weighted by Gasteiger charge is 2.32. The minimum atomic E-state index is -1.29. The lowest BCUT2D eigenvalue weighted by Gasteiger charge is -2.28. The molecule has 0 amide bonds. The molecule has 2 heterocycles. The molecule has 154 valence electrons. The second kappa shape index (κ2) is 8.29. The summed E-state index contributed by atoms with van der Waals surface area (Å²) in [7, 11) is 1.39. The zero-order valence-electron chi connectivity index (χ0n) is 16.3. The van der Waals surface area contributed by atoms with Gasteiger partial charge in [0.25, 0.3) is 6.02 Å². The van der Waals surface area contributed by atoms with Crippen molar-refractivity contribution in [1.29, 1.82) is 5.26 Å². The summed E-state index contributed by atoms with van der Waals surface area (Å²) in [4.78, 5) is 20.8. The van der Waals surface area contributed by atoms with Crippen molar-refractivity contribution in [3.05, 3.63) is 70.5 Å². The molecule has 3 rings (SSSR count). The van der Waals surface area contributed by atoms with Crippen LogP contribution in [-0.4, -0.2) is 30.6 Å². The minimum Gasteiger partial charge on any atom is -0.495 e. The highest BCUT2D eigenvalue weighted by molar-refractivity contribution is 5.96. The second-order valence-corrected chi connectivity index (χ2v) is 6.74. The molecule has 0 saturated heterocycles. The number of ether oxygens (including phenoxy) is 2. The van der Waals surface area contributed by atoms with Gasteiger partial charge in [0, 0.05) is 24.2 Å². The molecule has 9 heteroatoms. The van der Waals surface area contributed by atoms with Gasteiger partial charge in [-0.1, -0.05) is 6.07 Å². The van der Waals surface area contributed by atoms with Gasteiger partial charge in [-0.05, 0) is 30.7 Å². The van der Waals surface area contributed by atoms with E-state index in [4.69, 9.17) is 20.5 Å². The Morgan fingerprint density at radius 3 is 2.83 bits per heavy atom. The first kappa shape index (κ1) is 20.9. The largest absolute Gasteiger partial charge is 0.495 e. The van der Waals surface area contributed by atoms with Gasteiger partial charge in [0.05, 0.1) is 7.11 Å². The van der Waals surface area contributed by atoms with Crippen LogP contribution in [0.1, 0.15) is 34.1 Å². The first-order valence-corrected chi connectivity index (χ1v) is 8.86. The molecular weight excluding hydrogens is 394 g/mol. The van der Waals surface area contributed by atoms with Crippen LogP contribution in [0, 0.1) is 17.1 Å². The summed E-state index contributed by atoms with van der Waals surface area (Å²) in [6.07, 6.45) is 2.52. The molecule has 0 fully saturated rings. The van der Waals surface area contributed by atoms with Crippen LogP contribution in [-0.2, 0) is 16.7 Å². The van der Waals surface area contributed by atoms with Gasteiger partial charge >= 0.3 is 0 Å². The number of benzene rings is 1. The quantitative estimate of drug-likeness (QED) is 0.731. The van der Waals surface area contributed by atoms with Crippen LogP contribution in [0.15, 0.2) is 47.3 Å². The maximum Gasteiger partial charge on any atom is 0.288 e. The molecule has 0 unspecified atom stereocenters. The third-order valence-corrected chi connectivity index (χ3v) is 4.58. The summed E-state index contributed by atoms with van der Waals surface area (Å²) in [6, 6.07) is 7.18. The number of aliphatic imine (C=N–C) groups is 1. The molecule has 1 aromatic heterocycles. The smallest absolute Gasteiger partial charge is 0.288 e. The number of Topliss-reactive ketones (excluding diaryl/α,β-unsaturated/α-hetero) is 1. The van der Waals surface area contributed by atoms with Gasteiger partial charge in [-0.3, -0.25) is 9.78 Å². The maximum absolute atomic E-state index is 14.6. The topological polar surface area (TPSA) is 111 Å². The van der Waals surface area contributed by atoms with E-state index >= 15 is 0 Å². The van der Waals surface area contributed by atoms with E-state index < -0.39 is 18.0 Å². The number of rotatable bonds is 6. The monoisotopic (exact) mass is 412 g/mol. The van der Waals surface area contributed by atoms with E-state index in [1.807, 2.05) is 6.07 Å². The van der Waals surface area contributed by atoms with Crippen LogP contribution in [0.5, 0.6) is 5.75 Å². The number of nitrogens with zero attached hydrogens (tertiary/aromatic N) is 3. The number of ketones is 1. The number of hydrogen-bond acceptors (Lipinski definition) is 7. The summed E-state index contributed by atoms with van der Waals surface area (Å²) >= 11 is 0. The number of nitrogens with two attached hydrogens (primary N) is 1. The molecular formula is C21H18F2N4O3. The fourth-order valence-corrected chi connectivity index (χ4v) is 3.15. The minimum absolute atomic E-state index is 0.0697. The molecule has 1 atom stereocenters. The number of halogens is 2. The molecule has 0 radical (unpaired) electrons. The number of methoxy groups -OCH3 is 1. The van der Waals surface area contributed by atoms with Gasteiger partial charge in [-0.15, -0.1) is 0 Å². The Hall–Kier alpha value is -3.80. The average Bonchev–Trinajstić information content (AvgIpc) is 2.73. The fraction of sp³-hybridized carbons (Fsp3) is 0.238. The van der Waals surface area contributed by atoms with Crippen molar-refractivity contribution >= 4 is 11.8 Å². The van der Waals surface area contributed by atoms with Crippen molar-refractivity contribution < 1.29 is 23.0 Å². The zero-order chi connectivity index (χ0) is 21.9. The maximum atomic E-state index is 14.6. The van der Waals surface area contributed by atoms with Crippen molar-refractivity contribution in [1.82, 2.24) is 4.98 Å². The molecule has 0 aliphatic carbocycles. The summed E-state index contributed by atoms with van der Waals surface area (Å²) in [5.74, 6) is -0.769. The predicted octanol–water partition coefficient (Wildman–Crippen LogP) is 2.94. The number of carbonyl (C=O) groups is 1. The van der Waals surface area contributed by atoms with Crippen molar-refractivity contribution in [2.75, 3.05) is 13.8 Å². The van der Waals surface area contributed by atoms with E-state index in [9.17, 15) is 13.6 Å². The van der Waals surface area contributed by atoms with Crippen LogP contribution in [0.2, 0.25) is 0 Å². The lowest BCUT2D eigenvalue weighted by Crippen LogP contribution is -2.31. The van der Waals surface area contributed by atoms with Crippen molar-refractivity contribution in [3.8, 4) is 11.8 Å². The standard InChI is InChI=1S/C21H18F2N4O3/c1-21(8-14(9-22)30-20(25)27-21)15-5-12(3-4-16(15)23)6-18(28)17-7-19(29-2)13(10-24)11-26-17/h3-5,7-8,11H,6,9H2,1-2H3,(H2,25,27)/t21-/m0/s1. The highest BCUT2D eigenvalue weighted by Crippen LogP contribution is 2.34. The number of nitriles is 1. The fourth-order valence-electron chi connectivity index (χ4n) is 3.15. The first-order valence-electron chi connectivity index (χ1n) is 8.86. The molecule has 0 bridgehead atoms. The van der Waals surface area contributed by atoms with Gasteiger partial charge in [-0.2, -0.15) is 5.26 Å². The third kappa shape index (κ3) is 4.12. The summed E-state index contributed by atoms with van der Waals surface area (Å²) in [5.41, 5.74) is 5.25. The molecule has 1 aliphatic rings. The number of carbonyl (C=O) groups excluding carboxylic acids is 1. The molecule has 2 N–H and O–H groups in total. The average molecular weight is 412 g/mol. The summed E-state index contributed by atoms with van der Waals surface area (Å²) < 4.78 is 37.7. The van der Waals surface area contributed by atoms with E-state index in [2.05, 4.69) is 9.98 Å². The Morgan fingerprint density at radius 2 is 2.17 bits per heavy atom. The molecule has 30 heavy (non-hydrogen) atoms. The molecule has 0 saturated carbocycles. The molecule has 1 aliphatic heterocycles. The lowest BCUT2D eigenvalue weighted by molar-refractivity contribution is 0.0987. The lowest BCUT2D eigenvalue weighted by atomic mass is 9.88. The van der Waals surface area contributed by atoms with Gasteiger partial charge in [0.1, 0.15) is 46.9 Å². The van der Waals surface area contributed by atoms with Crippen molar-refractivity contribution in [2.45, 2.75) is 18.9 Å². The number of hydrogen-bond donors (Lipinski definition) is 1. The van der Waals surface area contributed by atoms with Crippen LogP contribution < -0.4 is 10.5 Å². The number of pyridine rings is 1. The number of allylic oxidation sites excluding steroid dienone is 1. The van der Waals surface area contributed by atoms with Crippen LogP contribution in [0.4, 0.5) is 8.78 Å². The Labute approximate surface area is 171 Å². The summed E-state index contributed by atoms with van der Waals surface area (Å²) in [5, 5.41) is 9.03. The SMILES string of the molecule is COc1cc(C(=O)Cc2ccc(F)c([C@]3(C)C=C(CF)OC(N)=N3)c2)ncc1C#N. The number of amidine groups is 1. The molecule has 1 aromatic carbocycles. The zero-order valence-corrected chi connectivity index (χ0v) is 16.3. The van der Waals surface area contributed by atoms with Crippen molar-refractivity contribution in [2.24, 2.45) is 10.7 Å². The molecule has 2 aromatic rings. The van der Waals surface area contributed by atoms with E-state index in [1.54, 1.807) is 6.92 Å². The van der Waals surface area contributed by atoms with Gasteiger partial charge in [-0.25, -0.2) is 13.8 Å². The van der Waals surface area contributed by atoms with E-state index in [1.165, 1.54) is 43.6 Å². The first-order chi connectivity index (χ1) is 14.3. The van der Waals surface area contributed by atoms with Crippen LogP contribution in [0.3, 0.4) is 0 Å².